The number of pyridine rings is 1. The van der Waals surface area contributed by atoms with Gasteiger partial charge in [-0.3, -0.25) is 9.71 Å². The molecular weight excluding hydrogens is 274 g/mol. The summed E-state index contributed by atoms with van der Waals surface area (Å²) >= 11 is 0. The number of aryl methyl sites for hydroxylation is 1. The van der Waals surface area contributed by atoms with Gasteiger partial charge in [0.2, 0.25) is 0 Å². The molecule has 2 aromatic rings. The molecule has 0 radical (unpaired) electrons. The monoisotopic (exact) mass is 291 g/mol. The minimum absolute atomic E-state index is 0.234. The molecule has 0 fully saturated rings. The van der Waals surface area contributed by atoms with Crippen molar-refractivity contribution in [2.24, 2.45) is 0 Å². The molecule has 2 N–H and O–H groups in total. The lowest BCUT2D eigenvalue weighted by molar-refractivity contribution is 0.601. The van der Waals surface area contributed by atoms with Crippen LogP contribution in [0.4, 0.5) is 5.69 Å². The highest BCUT2D eigenvalue weighted by Crippen LogP contribution is 2.16. The summed E-state index contributed by atoms with van der Waals surface area (Å²) in [6.07, 6.45) is 1.50. The number of nitrogens with one attached hydrogen (secondary N) is 2. The van der Waals surface area contributed by atoms with E-state index in [1.54, 1.807) is 36.4 Å². The van der Waals surface area contributed by atoms with Crippen molar-refractivity contribution in [2.75, 3.05) is 11.8 Å². The number of benzene rings is 1. The van der Waals surface area contributed by atoms with E-state index >= 15 is 0 Å². The molecular formula is C14H17N3O2S. The number of aromatic nitrogens is 1. The van der Waals surface area contributed by atoms with Crippen molar-refractivity contribution in [3.8, 4) is 0 Å². The molecule has 0 atom stereocenters. The Morgan fingerprint density at radius 2 is 1.80 bits per heavy atom. The third kappa shape index (κ3) is 3.55. The topological polar surface area (TPSA) is 71.1 Å². The summed E-state index contributed by atoms with van der Waals surface area (Å²) in [5.74, 6) is 0. The van der Waals surface area contributed by atoms with Crippen molar-refractivity contribution < 1.29 is 8.42 Å². The molecule has 20 heavy (non-hydrogen) atoms. The van der Waals surface area contributed by atoms with E-state index in [1.807, 2.05) is 14.0 Å². The van der Waals surface area contributed by atoms with Gasteiger partial charge in [-0.15, -0.1) is 0 Å². The summed E-state index contributed by atoms with van der Waals surface area (Å²) in [5, 5.41) is 3.01. The maximum Gasteiger partial charge on any atom is 0.261 e. The molecule has 5 nitrogen and oxygen atoms in total. The normalized spacial score (nSPS) is 11.3. The van der Waals surface area contributed by atoms with Crippen molar-refractivity contribution >= 4 is 15.7 Å². The molecule has 1 aromatic heterocycles. The molecule has 1 heterocycles. The fourth-order valence-electron chi connectivity index (χ4n) is 1.73. The largest absolute Gasteiger partial charge is 0.316 e. The molecule has 1 aromatic carbocycles. The van der Waals surface area contributed by atoms with Crippen LogP contribution in [-0.2, 0) is 16.6 Å². The minimum Gasteiger partial charge on any atom is -0.316 e. The smallest absolute Gasteiger partial charge is 0.261 e. The van der Waals surface area contributed by atoms with E-state index in [4.69, 9.17) is 0 Å². The van der Waals surface area contributed by atoms with Crippen molar-refractivity contribution in [1.29, 1.82) is 0 Å². The maximum absolute atomic E-state index is 12.2. The van der Waals surface area contributed by atoms with Crippen LogP contribution < -0.4 is 10.0 Å². The van der Waals surface area contributed by atoms with Crippen LogP contribution in [-0.4, -0.2) is 20.4 Å². The Hall–Kier alpha value is -1.92. The highest BCUT2D eigenvalue weighted by Gasteiger charge is 2.13. The van der Waals surface area contributed by atoms with Gasteiger partial charge in [0.25, 0.3) is 10.0 Å². The van der Waals surface area contributed by atoms with Crippen molar-refractivity contribution in [3.05, 3.63) is 53.9 Å². The van der Waals surface area contributed by atoms with Gasteiger partial charge in [0, 0.05) is 12.2 Å². The number of anilines is 1. The van der Waals surface area contributed by atoms with Gasteiger partial charge in [-0.05, 0) is 43.8 Å². The van der Waals surface area contributed by atoms with E-state index in [0.717, 1.165) is 11.3 Å². The van der Waals surface area contributed by atoms with E-state index in [9.17, 15) is 8.42 Å². The number of nitrogens with zero attached hydrogens (tertiary/aromatic N) is 1. The average Bonchev–Trinajstić information content (AvgIpc) is 2.42. The molecule has 0 amide bonds. The number of rotatable bonds is 5. The molecule has 2 rings (SSSR count). The predicted molar refractivity (Wildman–Crippen MR) is 79.0 cm³/mol. The highest BCUT2D eigenvalue weighted by atomic mass is 32.2. The summed E-state index contributed by atoms with van der Waals surface area (Å²) in [6.45, 7) is 2.55. The molecule has 0 saturated heterocycles. The van der Waals surface area contributed by atoms with Crippen LogP contribution in [0.25, 0.3) is 0 Å². The fraction of sp³-hybridized carbons (Fsp3) is 0.214. The van der Waals surface area contributed by atoms with E-state index in [-0.39, 0.29) is 4.90 Å². The van der Waals surface area contributed by atoms with Gasteiger partial charge >= 0.3 is 0 Å². The van der Waals surface area contributed by atoms with Gasteiger partial charge in [0.1, 0.15) is 0 Å². The van der Waals surface area contributed by atoms with E-state index in [0.29, 0.717) is 12.2 Å². The molecule has 0 bridgehead atoms. The second-order valence-corrected chi connectivity index (χ2v) is 6.15. The van der Waals surface area contributed by atoms with E-state index in [1.165, 1.54) is 6.20 Å². The van der Waals surface area contributed by atoms with Gasteiger partial charge < -0.3 is 5.32 Å². The van der Waals surface area contributed by atoms with Crippen molar-refractivity contribution in [1.82, 2.24) is 10.3 Å². The Morgan fingerprint density at radius 1 is 1.10 bits per heavy atom. The lowest BCUT2D eigenvalue weighted by atomic mass is 10.2. The maximum atomic E-state index is 12.2. The summed E-state index contributed by atoms with van der Waals surface area (Å²) in [5.41, 5.74) is 2.32. The third-order valence-corrected chi connectivity index (χ3v) is 4.18. The Kier molecular flexibility index (Phi) is 4.36. The second kappa shape index (κ2) is 6.02. The first kappa shape index (κ1) is 14.5. The molecule has 0 unspecified atom stereocenters. The van der Waals surface area contributed by atoms with Crippen molar-refractivity contribution in [3.63, 3.8) is 0 Å². The van der Waals surface area contributed by atoms with Gasteiger partial charge in [-0.1, -0.05) is 12.1 Å². The third-order valence-electron chi connectivity index (χ3n) is 2.78. The summed E-state index contributed by atoms with van der Waals surface area (Å²) in [4.78, 5) is 4.29. The van der Waals surface area contributed by atoms with Crippen LogP contribution in [0.5, 0.6) is 0 Å². The van der Waals surface area contributed by atoms with Gasteiger partial charge in [-0.25, -0.2) is 8.42 Å². The first-order valence-corrected chi connectivity index (χ1v) is 7.68. The van der Waals surface area contributed by atoms with Crippen molar-refractivity contribution in [2.45, 2.75) is 18.4 Å². The fourth-order valence-corrected chi connectivity index (χ4v) is 2.78. The van der Waals surface area contributed by atoms with Crippen LogP contribution in [0.3, 0.4) is 0 Å². The molecule has 0 spiro atoms. The van der Waals surface area contributed by atoms with E-state index < -0.39 is 10.0 Å². The van der Waals surface area contributed by atoms with Crippen LogP contribution in [0.1, 0.15) is 11.3 Å². The number of hydrogen-bond donors (Lipinski definition) is 2. The molecule has 0 saturated carbocycles. The molecule has 106 valence electrons. The SMILES string of the molecule is CNCc1ccc(S(=O)(=O)Nc2ccc(C)nc2)cc1. The lowest BCUT2D eigenvalue weighted by Crippen LogP contribution is -2.13. The Bertz CT molecular complexity index is 665. The second-order valence-electron chi connectivity index (χ2n) is 4.47. The highest BCUT2D eigenvalue weighted by molar-refractivity contribution is 7.92. The first-order valence-electron chi connectivity index (χ1n) is 6.20. The van der Waals surface area contributed by atoms with Crippen LogP contribution in [0.15, 0.2) is 47.5 Å². The summed E-state index contributed by atoms with van der Waals surface area (Å²) < 4.78 is 26.9. The van der Waals surface area contributed by atoms with Crippen LogP contribution in [0.2, 0.25) is 0 Å². The number of hydrogen-bond acceptors (Lipinski definition) is 4. The zero-order valence-corrected chi connectivity index (χ0v) is 12.2. The van der Waals surface area contributed by atoms with Crippen LogP contribution >= 0.6 is 0 Å². The van der Waals surface area contributed by atoms with Gasteiger partial charge in [-0.2, -0.15) is 0 Å². The standard InChI is InChI=1S/C14H17N3O2S/c1-11-3-6-13(10-16-11)17-20(18,19)14-7-4-12(5-8-14)9-15-2/h3-8,10,15,17H,9H2,1-2H3. The zero-order valence-electron chi connectivity index (χ0n) is 11.4. The summed E-state index contributed by atoms with van der Waals surface area (Å²) in [6, 6.07) is 10.2. The minimum atomic E-state index is -3.57. The quantitative estimate of drug-likeness (QED) is 0.883. The Morgan fingerprint density at radius 3 is 2.35 bits per heavy atom. The molecule has 0 aliphatic heterocycles. The zero-order chi connectivity index (χ0) is 14.6. The molecule has 0 aliphatic carbocycles. The van der Waals surface area contributed by atoms with Crippen LogP contribution in [0, 0.1) is 6.92 Å². The predicted octanol–water partition coefficient (Wildman–Crippen LogP) is 1.91. The number of sulfonamides is 1. The van der Waals surface area contributed by atoms with Gasteiger partial charge in [0.15, 0.2) is 0 Å². The molecule has 6 heteroatoms. The Balaban J connectivity index is 2.19. The van der Waals surface area contributed by atoms with E-state index in [2.05, 4.69) is 15.0 Å². The Labute approximate surface area is 119 Å². The van der Waals surface area contributed by atoms with Gasteiger partial charge in [0.05, 0.1) is 16.8 Å². The summed E-state index contributed by atoms with van der Waals surface area (Å²) in [7, 11) is -1.72. The molecule has 0 aliphatic rings. The average molecular weight is 291 g/mol. The lowest BCUT2D eigenvalue weighted by Gasteiger charge is -2.08. The first-order chi connectivity index (χ1) is 9.51.